The molecular formula is C13H14FNO2. The van der Waals surface area contributed by atoms with Gasteiger partial charge in [0.1, 0.15) is 5.82 Å². The molecule has 3 nitrogen and oxygen atoms in total. The monoisotopic (exact) mass is 235 g/mol. The number of rotatable bonds is 4. The first-order chi connectivity index (χ1) is 8.08. The third kappa shape index (κ3) is 2.90. The molecule has 17 heavy (non-hydrogen) atoms. The van der Waals surface area contributed by atoms with Gasteiger partial charge in [0.2, 0.25) is 5.91 Å². The average Bonchev–Trinajstić information content (AvgIpc) is 3.13. The second-order valence-corrected chi connectivity index (χ2v) is 4.27. The zero-order valence-electron chi connectivity index (χ0n) is 9.70. The molecule has 1 saturated heterocycles. The van der Waals surface area contributed by atoms with E-state index in [1.165, 1.54) is 18.2 Å². The molecule has 0 unspecified atom stereocenters. The summed E-state index contributed by atoms with van der Waals surface area (Å²) in [6.45, 7) is 3.23. The Bertz CT molecular complexity index is 466. The van der Waals surface area contributed by atoms with Gasteiger partial charge >= 0.3 is 0 Å². The molecule has 1 aliphatic rings. The van der Waals surface area contributed by atoms with Gasteiger partial charge in [-0.25, -0.2) is 4.39 Å². The molecule has 1 aliphatic heterocycles. The first kappa shape index (κ1) is 11.8. The molecule has 0 aromatic heterocycles. The number of carbonyl (C=O) groups excluding carboxylic acids is 2. The highest BCUT2D eigenvalue weighted by atomic mass is 19.1. The van der Waals surface area contributed by atoms with Gasteiger partial charge in [0.25, 0.3) is 0 Å². The fourth-order valence-corrected chi connectivity index (χ4v) is 1.64. The van der Waals surface area contributed by atoms with Crippen molar-refractivity contribution in [2.75, 3.05) is 13.1 Å². The van der Waals surface area contributed by atoms with E-state index >= 15 is 0 Å². The first-order valence-corrected chi connectivity index (χ1v) is 5.65. The third-order valence-electron chi connectivity index (χ3n) is 2.85. The second-order valence-electron chi connectivity index (χ2n) is 4.27. The summed E-state index contributed by atoms with van der Waals surface area (Å²) in [5.74, 6) is -0.401. The number of aryl methyl sites for hydroxylation is 1. The van der Waals surface area contributed by atoms with E-state index in [2.05, 4.69) is 0 Å². The van der Waals surface area contributed by atoms with Gasteiger partial charge in [0.05, 0.1) is 0 Å². The van der Waals surface area contributed by atoms with E-state index in [1.54, 1.807) is 11.8 Å². The molecule has 1 aromatic rings. The SMILES string of the molecule is Cc1cc(C(=O)CCC(=O)N2CC2)ccc1F. The lowest BCUT2D eigenvalue weighted by molar-refractivity contribution is -0.125. The van der Waals surface area contributed by atoms with Crippen molar-refractivity contribution in [3.8, 4) is 0 Å². The molecule has 0 radical (unpaired) electrons. The zero-order chi connectivity index (χ0) is 12.4. The van der Waals surface area contributed by atoms with Crippen LogP contribution in [0.4, 0.5) is 4.39 Å². The van der Waals surface area contributed by atoms with Crippen molar-refractivity contribution in [2.45, 2.75) is 19.8 Å². The molecule has 0 atom stereocenters. The Balaban J connectivity index is 1.94. The van der Waals surface area contributed by atoms with E-state index in [0.29, 0.717) is 11.1 Å². The summed E-state index contributed by atoms with van der Waals surface area (Å²) in [5, 5.41) is 0. The minimum absolute atomic E-state index is 0.0252. The van der Waals surface area contributed by atoms with Gasteiger partial charge in [-0.1, -0.05) is 0 Å². The molecule has 1 fully saturated rings. The van der Waals surface area contributed by atoms with Crippen LogP contribution >= 0.6 is 0 Å². The van der Waals surface area contributed by atoms with Gasteiger partial charge in [-0.05, 0) is 30.7 Å². The molecule has 0 spiro atoms. The number of Topliss-reactive ketones (excluding diaryl/α,β-unsaturated/α-hetero) is 1. The van der Waals surface area contributed by atoms with Crippen LogP contribution in [0.15, 0.2) is 18.2 Å². The van der Waals surface area contributed by atoms with Gasteiger partial charge in [0.15, 0.2) is 5.78 Å². The van der Waals surface area contributed by atoms with Crippen molar-refractivity contribution in [3.05, 3.63) is 35.1 Å². The van der Waals surface area contributed by atoms with E-state index in [0.717, 1.165) is 13.1 Å². The van der Waals surface area contributed by atoms with E-state index in [1.807, 2.05) is 0 Å². The molecule has 0 saturated carbocycles. The molecule has 4 heteroatoms. The number of amides is 1. The van der Waals surface area contributed by atoms with Crippen molar-refractivity contribution < 1.29 is 14.0 Å². The van der Waals surface area contributed by atoms with Crippen molar-refractivity contribution in [1.82, 2.24) is 4.90 Å². The first-order valence-electron chi connectivity index (χ1n) is 5.65. The molecule has 2 rings (SSSR count). The minimum Gasteiger partial charge on any atom is -0.339 e. The molecule has 0 bridgehead atoms. The largest absolute Gasteiger partial charge is 0.339 e. The van der Waals surface area contributed by atoms with Crippen LogP contribution in [0.1, 0.15) is 28.8 Å². The van der Waals surface area contributed by atoms with E-state index in [-0.39, 0.29) is 30.3 Å². The normalized spacial score (nSPS) is 13.6. The van der Waals surface area contributed by atoms with Crippen LogP contribution in [-0.2, 0) is 4.79 Å². The van der Waals surface area contributed by atoms with Gasteiger partial charge in [-0.15, -0.1) is 0 Å². The van der Waals surface area contributed by atoms with Gasteiger partial charge < -0.3 is 4.90 Å². The van der Waals surface area contributed by atoms with Crippen LogP contribution in [0.5, 0.6) is 0 Å². The molecule has 1 aromatic carbocycles. The van der Waals surface area contributed by atoms with E-state index < -0.39 is 0 Å². The maximum Gasteiger partial charge on any atom is 0.223 e. The topological polar surface area (TPSA) is 37.1 Å². The standard InChI is InChI=1S/C13H14FNO2/c1-9-8-10(2-3-11(9)14)12(16)4-5-13(17)15-6-7-15/h2-3,8H,4-7H2,1H3. The molecule has 1 amide bonds. The Labute approximate surface area is 99.2 Å². The van der Waals surface area contributed by atoms with Gasteiger partial charge in [-0.2, -0.15) is 0 Å². The van der Waals surface area contributed by atoms with Crippen LogP contribution in [0.3, 0.4) is 0 Å². The highest BCUT2D eigenvalue weighted by molar-refractivity contribution is 5.98. The molecular weight excluding hydrogens is 221 g/mol. The highest BCUT2D eigenvalue weighted by Crippen LogP contribution is 2.14. The van der Waals surface area contributed by atoms with E-state index in [9.17, 15) is 14.0 Å². The summed E-state index contributed by atoms with van der Waals surface area (Å²) in [6.07, 6.45) is 0.440. The maximum atomic E-state index is 13.0. The quantitative estimate of drug-likeness (QED) is 0.590. The Morgan fingerprint density at radius 2 is 2.00 bits per heavy atom. The van der Waals surface area contributed by atoms with Crippen LogP contribution in [0.2, 0.25) is 0 Å². The predicted molar refractivity (Wildman–Crippen MR) is 61.3 cm³/mol. The molecule has 1 heterocycles. The number of benzene rings is 1. The van der Waals surface area contributed by atoms with Gasteiger partial charge in [0, 0.05) is 31.5 Å². The highest BCUT2D eigenvalue weighted by Gasteiger charge is 2.24. The van der Waals surface area contributed by atoms with Crippen LogP contribution < -0.4 is 0 Å². The van der Waals surface area contributed by atoms with Crippen LogP contribution in [0.25, 0.3) is 0 Å². The third-order valence-corrected chi connectivity index (χ3v) is 2.85. The summed E-state index contributed by atoms with van der Waals surface area (Å²) in [5.41, 5.74) is 0.926. The Hall–Kier alpha value is -1.71. The van der Waals surface area contributed by atoms with Crippen LogP contribution in [-0.4, -0.2) is 29.7 Å². The fourth-order valence-electron chi connectivity index (χ4n) is 1.64. The Kier molecular flexibility index (Phi) is 3.22. The minimum atomic E-state index is -0.318. The Morgan fingerprint density at radius 3 is 2.59 bits per heavy atom. The van der Waals surface area contributed by atoms with Crippen molar-refractivity contribution in [3.63, 3.8) is 0 Å². The number of halogens is 1. The Morgan fingerprint density at radius 1 is 1.29 bits per heavy atom. The van der Waals surface area contributed by atoms with Crippen molar-refractivity contribution in [2.24, 2.45) is 0 Å². The number of hydrogen-bond donors (Lipinski definition) is 0. The summed E-state index contributed by atoms with van der Waals surface area (Å²) in [4.78, 5) is 24.8. The fraction of sp³-hybridized carbons (Fsp3) is 0.385. The number of nitrogens with zero attached hydrogens (tertiary/aromatic N) is 1. The molecule has 0 N–H and O–H groups in total. The number of ketones is 1. The number of hydrogen-bond acceptors (Lipinski definition) is 2. The predicted octanol–water partition coefficient (Wildman–Crippen LogP) is 1.94. The smallest absolute Gasteiger partial charge is 0.223 e. The lowest BCUT2D eigenvalue weighted by atomic mass is 10.0. The lowest BCUT2D eigenvalue weighted by Crippen LogP contribution is -2.12. The van der Waals surface area contributed by atoms with E-state index in [4.69, 9.17) is 0 Å². The van der Waals surface area contributed by atoms with Crippen molar-refractivity contribution in [1.29, 1.82) is 0 Å². The second kappa shape index (κ2) is 4.65. The van der Waals surface area contributed by atoms with Crippen molar-refractivity contribution >= 4 is 11.7 Å². The summed E-state index contributed by atoms with van der Waals surface area (Å²) in [7, 11) is 0. The average molecular weight is 235 g/mol. The summed E-state index contributed by atoms with van der Waals surface area (Å²) in [6, 6.07) is 4.28. The maximum absolute atomic E-state index is 13.0. The van der Waals surface area contributed by atoms with Crippen LogP contribution in [0, 0.1) is 12.7 Å². The lowest BCUT2D eigenvalue weighted by Gasteiger charge is -2.03. The summed E-state index contributed by atoms with van der Waals surface area (Å²) < 4.78 is 13.0. The summed E-state index contributed by atoms with van der Waals surface area (Å²) >= 11 is 0. The molecule has 0 aliphatic carbocycles. The van der Waals surface area contributed by atoms with Gasteiger partial charge in [-0.3, -0.25) is 9.59 Å². The number of carbonyl (C=O) groups is 2. The zero-order valence-corrected chi connectivity index (χ0v) is 9.70. The molecule has 90 valence electrons.